The van der Waals surface area contributed by atoms with Crippen molar-refractivity contribution in [3.05, 3.63) is 76.9 Å². The van der Waals surface area contributed by atoms with Crippen molar-refractivity contribution >= 4 is 0 Å². The van der Waals surface area contributed by atoms with E-state index in [1.54, 1.807) is 0 Å². The van der Waals surface area contributed by atoms with E-state index in [-0.39, 0.29) is 6.04 Å². The monoisotopic (exact) mass is 418 g/mol. The summed E-state index contributed by atoms with van der Waals surface area (Å²) in [7, 11) is 0. The topological polar surface area (TPSA) is 30.9 Å². The first-order chi connectivity index (χ1) is 14.8. The fourth-order valence-corrected chi connectivity index (χ4v) is 4.49. The van der Waals surface area contributed by atoms with Gasteiger partial charge in [0.2, 0.25) is 6.33 Å². The van der Waals surface area contributed by atoms with Crippen LogP contribution < -0.4 is 4.57 Å². The average molecular weight is 419 g/mol. The van der Waals surface area contributed by atoms with Gasteiger partial charge in [-0.05, 0) is 40.0 Å². The second-order valence-corrected chi connectivity index (χ2v) is 9.75. The zero-order chi connectivity index (χ0) is 22.1. The number of rotatable bonds is 6. The second kappa shape index (κ2) is 8.96. The van der Waals surface area contributed by atoms with Crippen molar-refractivity contribution in [2.24, 2.45) is 0 Å². The molecule has 31 heavy (non-hydrogen) atoms. The summed E-state index contributed by atoms with van der Waals surface area (Å²) in [6.45, 7) is 15.0. The highest BCUT2D eigenvalue weighted by Gasteiger charge is 2.32. The molecule has 1 atom stereocenters. The third-order valence-electron chi connectivity index (χ3n) is 6.33. The molecular weight excluding hydrogens is 382 g/mol. The van der Waals surface area contributed by atoms with Crippen LogP contribution in [0.3, 0.4) is 0 Å². The predicted octanol–water partition coefficient (Wildman–Crippen LogP) is 5.84. The molecule has 0 radical (unpaired) electrons. The first kappa shape index (κ1) is 21.8. The summed E-state index contributed by atoms with van der Waals surface area (Å²) < 4.78 is 10.4. The molecule has 0 amide bonds. The van der Waals surface area contributed by atoms with Crippen molar-refractivity contribution in [2.45, 2.75) is 78.4 Å². The van der Waals surface area contributed by atoms with Crippen molar-refractivity contribution in [3.8, 4) is 5.69 Å². The quantitative estimate of drug-likeness (QED) is 0.471. The standard InChI is InChI=1S/C27H36N3O/c1-18(2)22-13-24(19(3)4)27(25(14-22)20(5)6)30-17-29-23(15-31-16-26(29)28-30)12-21-10-8-7-9-11-21/h7-11,13-14,17-20,23H,12,15-16H2,1-6H3/q+1/t23-/m1/s1. The van der Waals surface area contributed by atoms with Crippen molar-refractivity contribution < 1.29 is 9.30 Å². The molecule has 4 nitrogen and oxygen atoms in total. The van der Waals surface area contributed by atoms with Gasteiger partial charge in [-0.2, -0.15) is 0 Å². The second-order valence-electron chi connectivity index (χ2n) is 9.75. The number of nitrogens with zero attached hydrogens (tertiary/aromatic N) is 3. The molecule has 0 saturated heterocycles. The Bertz CT molecular complexity index is 1000. The normalized spacial score (nSPS) is 16.4. The lowest BCUT2D eigenvalue weighted by molar-refractivity contribution is -0.742. The first-order valence-electron chi connectivity index (χ1n) is 11.6. The van der Waals surface area contributed by atoms with Crippen LogP contribution in [0.25, 0.3) is 5.69 Å². The van der Waals surface area contributed by atoms with Gasteiger partial charge >= 0.3 is 5.82 Å². The van der Waals surface area contributed by atoms with Crippen LogP contribution in [0.2, 0.25) is 0 Å². The molecule has 2 aromatic carbocycles. The van der Waals surface area contributed by atoms with E-state index in [2.05, 4.69) is 99.6 Å². The lowest BCUT2D eigenvalue weighted by Crippen LogP contribution is -2.48. The number of benzene rings is 2. The van der Waals surface area contributed by atoms with E-state index in [0.717, 1.165) is 18.9 Å². The number of hydrogen-bond acceptors (Lipinski definition) is 2. The molecule has 0 spiro atoms. The Labute approximate surface area is 186 Å². The van der Waals surface area contributed by atoms with Crippen molar-refractivity contribution in [1.29, 1.82) is 0 Å². The molecule has 0 unspecified atom stereocenters. The Kier molecular flexibility index (Phi) is 6.29. The van der Waals surface area contributed by atoms with Crippen LogP contribution in [0.15, 0.2) is 48.8 Å². The average Bonchev–Trinajstić information content (AvgIpc) is 3.18. The molecule has 164 valence electrons. The summed E-state index contributed by atoms with van der Waals surface area (Å²) in [6, 6.07) is 15.7. The Morgan fingerprint density at radius 2 is 1.61 bits per heavy atom. The Balaban J connectivity index is 1.81. The highest BCUT2D eigenvalue weighted by Crippen LogP contribution is 2.34. The minimum absolute atomic E-state index is 0.264. The van der Waals surface area contributed by atoms with Gasteiger partial charge in [-0.15, -0.1) is 0 Å². The van der Waals surface area contributed by atoms with Crippen LogP contribution in [0.4, 0.5) is 0 Å². The van der Waals surface area contributed by atoms with Crippen molar-refractivity contribution in [2.75, 3.05) is 6.61 Å². The number of aromatic nitrogens is 3. The molecule has 0 aliphatic carbocycles. The lowest BCUT2D eigenvalue weighted by atomic mass is 9.87. The van der Waals surface area contributed by atoms with Gasteiger partial charge in [-0.25, -0.2) is 4.57 Å². The molecule has 4 heteroatoms. The van der Waals surface area contributed by atoms with Crippen LogP contribution >= 0.6 is 0 Å². The lowest BCUT2D eigenvalue weighted by Gasteiger charge is -2.20. The molecule has 1 aliphatic rings. The predicted molar refractivity (Wildman–Crippen MR) is 125 cm³/mol. The molecule has 0 N–H and O–H groups in total. The van der Waals surface area contributed by atoms with Gasteiger partial charge in [0.1, 0.15) is 18.3 Å². The Morgan fingerprint density at radius 3 is 2.19 bits per heavy atom. The molecule has 0 fully saturated rings. The van der Waals surface area contributed by atoms with E-state index >= 15 is 0 Å². The number of fused-ring (bicyclic) bond motifs is 1. The highest BCUT2D eigenvalue weighted by atomic mass is 16.5. The summed E-state index contributed by atoms with van der Waals surface area (Å²) in [4.78, 5) is 0. The molecule has 1 aliphatic heterocycles. The Morgan fingerprint density at radius 1 is 0.968 bits per heavy atom. The highest BCUT2D eigenvalue weighted by molar-refractivity contribution is 5.53. The summed E-state index contributed by atoms with van der Waals surface area (Å²) in [5.74, 6) is 2.36. The summed E-state index contributed by atoms with van der Waals surface area (Å²) in [6.07, 6.45) is 3.15. The van der Waals surface area contributed by atoms with Crippen LogP contribution in [-0.4, -0.2) is 16.4 Å². The van der Waals surface area contributed by atoms with Gasteiger partial charge in [-0.3, -0.25) is 0 Å². The minimum atomic E-state index is 0.264. The number of hydrogen-bond donors (Lipinski definition) is 0. The summed E-state index contributed by atoms with van der Waals surface area (Å²) in [5.41, 5.74) is 6.73. The van der Waals surface area contributed by atoms with Crippen molar-refractivity contribution in [3.63, 3.8) is 0 Å². The zero-order valence-electron chi connectivity index (χ0n) is 19.8. The Hall–Kier alpha value is -2.46. The number of ether oxygens (including phenoxy) is 1. The third kappa shape index (κ3) is 4.45. The fraction of sp³-hybridized carbons (Fsp3) is 0.481. The van der Waals surface area contributed by atoms with E-state index < -0.39 is 0 Å². The van der Waals surface area contributed by atoms with Crippen LogP contribution in [0.1, 0.15) is 93.4 Å². The maximum atomic E-state index is 5.94. The van der Waals surface area contributed by atoms with Gasteiger partial charge in [0, 0.05) is 11.5 Å². The van der Waals surface area contributed by atoms with Gasteiger partial charge in [0.15, 0.2) is 0 Å². The molecule has 0 bridgehead atoms. The molecule has 4 rings (SSSR count). The van der Waals surface area contributed by atoms with Crippen molar-refractivity contribution in [1.82, 2.24) is 9.78 Å². The van der Waals surface area contributed by atoms with Gasteiger partial charge in [-0.1, -0.05) is 88.7 Å². The summed E-state index contributed by atoms with van der Waals surface area (Å²) >= 11 is 0. The van der Waals surface area contributed by atoms with Gasteiger partial charge in [0.05, 0.1) is 6.61 Å². The minimum Gasteiger partial charge on any atom is -0.367 e. The smallest absolute Gasteiger partial charge is 0.304 e. The van der Waals surface area contributed by atoms with Gasteiger partial charge in [0.25, 0.3) is 0 Å². The largest absolute Gasteiger partial charge is 0.367 e. The van der Waals surface area contributed by atoms with Gasteiger partial charge < -0.3 is 4.74 Å². The maximum Gasteiger partial charge on any atom is 0.304 e. The molecule has 3 aromatic rings. The van der Waals surface area contributed by atoms with E-state index in [4.69, 9.17) is 9.84 Å². The van der Waals surface area contributed by atoms with E-state index in [9.17, 15) is 0 Å². The van der Waals surface area contributed by atoms with E-state index in [1.807, 2.05) is 0 Å². The van der Waals surface area contributed by atoms with Crippen LogP contribution in [0.5, 0.6) is 0 Å². The zero-order valence-corrected chi connectivity index (χ0v) is 19.8. The van der Waals surface area contributed by atoms with Crippen LogP contribution in [0, 0.1) is 0 Å². The molecular formula is C27H36N3O+. The van der Waals surface area contributed by atoms with E-state index in [0.29, 0.717) is 24.4 Å². The molecule has 2 heterocycles. The SMILES string of the molecule is CC(C)c1cc(C(C)C)c(-n2c[n+]3c(n2)COC[C@H]3Cc2ccccc2)c(C(C)C)c1. The first-order valence-corrected chi connectivity index (χ1v) is 11.6. The molecule has 1 aromatic heterocycles. The molecule has 0 saturated carbocycles. The maximum absolute atomic E-state index is 5.94. The fourth-order valence-electron chi connectivity index (χ4n) is 4.49. The summed E-state index contributed by atoms with van der Waals surface area (Å²) in [5, 5.41) is 5.03. The third-order valence-corrected chi connectivity index (χ3v) is 6.33. The van der Waals surface area contributed by atoms with Crippen LogP contribution in [-0.2, 0) is 17.8 Å². The van der Waals surface area contributed by atoms with E-state index in [1.165, 1.54) is 27.9 Å².